The molecule has 0 aliphatic rings. The second-order valence-corrected chi connectivity index (χ2v) is 7.79. The first-order valence-corrected chi connectivity index (χ1v) is 9.42. The van der Waals surface area contributed by atoms with Crippen LogP contribution in [0.2, 0.25) is 0 Å². The van der Waals surface area contributed by atoms with Crippen LogP contribution < -0.4 is 15.4 Å². The Labute approximate surface area is 185 Å². The van der Waals surface area contributed by atoms with Gasteiger partial charge in [-0.1, -0.05) is 46.8 Å². The number of benzene rings is 1. The van der Waals surface area contributed by atoms with Crippen LogP contribution in [-0.4, -0.2) is 31.1 Å². The van der Waals surface area contributed by atoms with E-state index in [0.29, 0.717) is 37.5 Å². The molecule has 0 spiro atoms. The first-order chi connectivity index (χ1) is 12.8. The summed E-state index contributed by atoms with van der Waals surface area (Å²) in [6, 6.07) is 8.24. The number of hydrogen-bond donors (Lipinski definition) is 2. The highest BCUT2D eigenvalue weighted by Crippen LogP contribution is 2.22. The Hall–Kier alpha value is -1.77. The summed E-state index contributed by atoms with van der Waals surface area (Å²) in [4.78, 5) is 8.51. The highest BCUT2D eigenvalue weighted by atomic mass is 127. The minimum absolute atomic E-state index is 0. The van der Waals surface area contributed by atoms with Gasteiger partial charge >= 0.3 is 0 Å². The van der Waals surface area contributed by atoms with Gasteiger partial charge in [-0.05, 0) is 23.6 Å². The van der Waals surface area contributed by atoms with Gasteiger partial charge in [-0.3, -0.25) is 4.99 Å². The quantitative estimate of drug-likeness (QED) is 0.254. The topological polar surface area (TPSA) is 71.7 Å². The van der Waals surface area contributed by atoms with E-state index in [2.05, 4.69) is 67.4 Å². The van der Waals surface area contributed by atoms with Crippen LogP contribution in [0.5, 0.6) is 5.75 Å². The van der Waals surface area contributed by atoms with Crippen LogP contribution in [0.1, 0.15) is 57.8 Å². The molecule has 0 aliphatic heterocycles. The highest BCUT2D eigenvalue weighted by Gasteiger charge is 2.19. The van der Waals surface area contributed by atoms with Crippen LogP contribution in [0, 0.1) is 0 Å². The lowest BCUT2D eigenvalue weighted by Crippen LogP contribution is -2.38. The number of aliphatic imine (C=N–C) groups is 1. The molecule has 0 radical (unpaired) electrons. The van der Waals surface area contributed by atoms with E-state index < -0.39 is 0 Å². The van der Waals surface area contributed by atoms with Crippen LogP contribution in [0.25, 0.3) is 0 Å². The Bertz CT molecular complexity index is 734. The molecule has 1 heterocycles. The van der Waals surface area contributed by atoms with Crippen LogP contribution in [-0.2, 0) is 12.0 Å². The highest BCUT2D eigenvalue weighted by molar-refractivity contribution is 14.0. The number of rotatable bonds is 7. The molecule has 2 N–H and O–H groups in total. The molecule has 0 bridgehead atoms. The van der Waals surface area contributed by atoms with E-state index in [1.807, 2.05) is 12.1 Å². The van der Waals surface area contributed by atoms with E-state index >= 15 is 0 Å². The molecule has 0 unspecified atom stereocenters. The predicted octanol–water partition coefficient (Wildman–Crippen LogP) is 4.46. The zero-order chi connectivity index (χ0) is 19.9. The monoisotopic (exact) mass is 500 g/mol. The van der Waals surface area contributed by atoms with Crippen molar-refractivity contribution in [1.29, 1.82) is 0 Å². The summed E-state index contributed by atoms with van der Waals surface area (Å²) in [5, 5.41) is 6.42. The number of aromatic nitrogens is 1. The van der Waals surface area contributed by atoms with Crippen molar-refractivity contribution in [2.75, 3.05) is 20.2 Å². The third kappa shape index (κ3) is 7.69. The van der Waals surface area contributed by atoms with Gasteiger partial charge in [-0.15, -0.1) is 24.0 Å². The molecule has 1 aromatic carbocycles. The molecule has 7 heteroatoms. The normalized spacial score (nSPS) is 11.9. The maximum Gasteiger partial charge on any atom is 0.213 e. The zero-order valence-electron chi connectivity index (χ0n) is 17.7. The largest absolute Gasteiger partial charge is 0.492 e. The van der Waals surface area contributed by atoms with Crippen LogP contribution in [0.15, 0.2) is 39.9 Å². The van der Waals surface area contributed by atoms with Crippen LogP contribution in [0.3, 0.4) is 0 Å². The van der Waals surface area contributed by atoms with Gasteiger partial charge in [0.05, 0.1) is 19.3 Å². The standard InChI is InChI=1S/C21H32N4O2.HI/c1-15(2)16-7-9-17(10-8-16)26-12-11-23-20(22-6)25-14-19-24-13-18(27-19)21(3,4)5;/h7-10,13,15H,11-12,14H2,1-6H3,(H2,22,23,25);1H. The summed E-state index contributed by atoms with van der Waals surface area (Å²) in [5.74, 6) is 3.60. The lowest BCUT2D eigenvalue weighted by atomic mass is 9.94. The van der Waals surface area contributed by atoms with Gasteiger partial charge in [-0.25, -0.2) is 4.98 Å². The number of ether oxygens (including phenoxy) is 1. The first-order valence-electron chi connectivity index (χ1n) is 9.42. The van der Waals surface area contributed by atoms with Crippen LogP contribution in [0.4, 0.5) is 0 Å². The molecule has 6 nitrogen and oxygen atoms in total. The summed E-state index contributed by atoms with van der Waals surface area (Å²) >= 11 is 0. The molecule has 28 heavy (non-hydrogen) atoms. The number of nitrogens with one attached hydrogen (secondary N) is 2. The molecule has 156 valence electrons. The van der Waals surface area contributed by atoms with Crippen molar-refractivity contribution < 1.29 is 9.15 Å². The first kappa shape index (κ1) is 24.3. The smallest absolute Gasteiger partial charge is 0.213 e. The molecule has 1 aromatic heterocycles. The van der Waals surface area contributed by atoms with E-state index in [0.717, 1.165) is 11.5 Å². The lowest BCUT2D eigenvalue weighted by Gasteiger charge is -2.14. The minimum atomic E-state index is -0.0457. The van der Waals surface area contributed by atoms with E-state index in [1.165, 1.54) is 5.56 Å². The lowest BCUT2D eigenvalue weighted by molar-refractivity contribution is 0.321. The van der Waals surface area contributed by atoms with Gasteiger partial charge < -0.3 is 19.8 Å². The fourth-order valence-electron chi connectivity index (χ4n) is 2.41. The predicted molar refractivity (Wildman–Crippen MR) is 125 cm³/mol. The van der Waals surface area contributed by atoms with Crippen molar-refractivity contribution in [2.24, 2.45) is 4.99 Å². The summed E-state index contributed by atoms with van der Waals surface area (Å²) in [5.41, 5.74) is 1.27. The third-order valence-corrected chi connectivity index (χ3v) is 4.13. The summed E-state index contributed by atoms with van der Waals surface area (Å²) in [7, 11) is 1.73. The Morgan fingerprint density at radius 2 is 1.86 bits per heavy atom. The Kier molecular flexibility index (Phi) is 9.78. The van der Waals surface area contributed by atoms with Crippen molar-refractivity contribution in [3.63, 3.8) is 0 Å². The Morgan fingerprint density at radius 3 is 2.39 bits per heavy atom. The van der Waals surface area contributed by atoms with E-state index in [1.54, 1.807) is 13.2 Å². The maximum atomic E-state index is 5.77. The molecule has 0 saturated heterocycles. The second-order valence-electron chi connectivity index (χ2n) is 7.79. The maximum absolute atomic E-state index is 5.77. The second kappa shape index (κ2) is 11.3. The fourth-order valence-corrected chi connectivity index (χ4v) is 2.41. The van der Waals surface area contributed by atoms with Crippen molar-refractivity contribution in [3.05, 3.63) is 47.7 Å². The molecule has 2 rings (SSSR count). The molecule has 0 aliphatic carbocycles. The zero-order valence-corrected chi connectivity index (χ0v) is 20.0. The van der Waals surface area contributed by atoms with E-state index in [9.17, 15) is 0 Å². The SMILES string of the molecule is CN=C(NCCOc1ccc(C(C)C)cc1)NCc1ncc(C(C)(C)C)o1.I. The number of hydrogen-bond acceptors (Lipinski definition) is 4. The van der Waals surface area contributed by atoms with E-state index in [4.69, 9.17) is 9.15 Å². The Balaban J connectivity index is 0.00000392. The molecule has 0 saturated carbocycles. The van der Waals surface area contributed by atoms with Gasteiger partial charge in [0.2, 0.25) is 5.89 Å². The van der Waals surface area contributed by atoms with Crippen LogP contribution >= 0.6 is 24.0 Å². The molecular formula is C21H33IN4O2. The average molecular weight is 500 g/mol. The average Bonchev–Trinajstić information content (AvgIpc) is 3.11. The van der Waals surface area contributed by atoms with Crippen molar-refractivity contribution in [1.82, 2.24) is 15.6 Å². The van der Waals surface area contributed by atoms with Gasteiger partial charge in [0.1, 0.15) is 18.1 Å². The number of halogens is 1. The number of oxazole rings is 1. The molecule has 2 aromatic rings. The fraction of sp³-hybridized carbons (Fsp3) is 0.524. The Morgan fingerprint density at radius 1 is 1.18 bits per heavy atom. The molecule has 0 atom stereocenters. The van der Waals surface area contributed by atoms with Gasteiger partial charge in [0, 0.05) is 12.5 Å². The van der Waals surface area contributed by atoms with Crippen molar-refractivity contribution in [3.8, 4) is 5.75 Å². The molecular weight excluding hydrogens is 467 g/mol. The van der Waals surface area contributed by atoms with Gasteiger partial charge in [0.15, 0.2) is 5.96 Å². The number of nitrogens with zero attached hydrogens (tertiary/aromatic N) is 2. The van der Waals surface area contributed by atoms with Crippen molar-refractivity contribution in [2.45, 2.75) is 52.5 Å². The van der Waals surface area contributed by atoms with Gasteiger partial charge in [-0.2, -0.15) is 0 Å². The number of guanidine groups is 1. The van der Waals surface area contributed by atoms with Crippen molar-refractivity contribution >= 4 is 29.9 Å². The van der Waals surface area contributed by atoms with Gasteiger partial charge in [0.25, 0.3) is 0 Å². The third-order valence-electron chi connectivity index (χ3n) is 4.13. The summed E-state index contributed by atoms with van der Waals surface area (Å²) in [6.45, 7) is 12.3. The summed E-state index contributed by atoms with van der Waals surface area (Å²) < 4.78 is 11.5. The molecule has 0 fully saturated rings. The van der Waals surface area contributed by atoms with E-state index in [-0.39, 0.29) is 29.4 Å². The molecule has 0 amide bonds. The summed E-state index contributed by atoms with van der Waals surface area (Å²) in [6.07, 6.45) is 1.78. The minimum Gasteiger partial charge on any atom is -0.492 e.